The average molecular weight is 279 g/mol. The van der Waals surface area contributed by atoms with Gasteiger partial charge in [-0.05, 0) is 30.7 Å². The van der Waals surface area contributed by atoms with Gasteiger partial charge in [0.1, 0.15) is 0 Å². The monoisotopic (exact) mass is 279 g/mol. The topological polar surface area (TPSA) is 12.4 Å². The molecule has 20 heavy (non-hydrogen) atoms. The molecule has 1 heterocycles. The molecule has 0 amide bonds. The Bertz CT molecular complexity index is 354. The molecule has 0 radical (unpaired) electrons. The fourth-order valence-corrected chi connectivity index (χ4v) is 1.32. The summed E-state index contributed by atoms with van der Waals surface area (Å²) in [7, 11) is 0. The molecule has 0 aromatic heterocycles. The van der Waals surface area contributed by atoms with E-state index in [1.54, 1.807) is 12.3 Å². The largest absolute Gasteiger partial charge is 0.261 e. The second-order valence-electron chi connectivity index (χ2n) is 4.24. The summed E-state index contributed by atoms with van der Waals surface area (Å²) in [5, 5.41) is 0. The van der Waals surface area contributed by atoms with Gasteiger partial charge >= 0.3 is 0 Å². The highest BCUT2D eigenvalue weighted by atomic mass is 19.1. The molecule has 114 valence electrons. The number of aliphatic imine (C=N–C) groups is 1. The molecule has 1 aliphatic heterocycles. The van der Waals surface area contributed by atoms with E-state index in [0.717, 1.165) is 11.3 Å². The van der Waals surface area contributed by atoms with E-state index in [-0.39, 0.29) is 5.83 Å². The van der Waals surface area contributed by atoms with E-state index >= 15 is 0 Å². The van der Waals surface area contributed by atoms with Gasteiger partial charge in [-0.15, -0.1) is 0 Å². The minimum atomic E-state index is -0.217. The molecule has 0 saturated carbocycles. The van der Waals surface area contributed by atoms with Gasteiger partial charge in [0.05, 0.1) is 5.83 Å². The molecule has 1 aliphatic rings. The van der Waals surface area contributed by atoms with E-state index in [1.165, 1.54) is 32.3 Å². The van der Waals surface area contributed by atoms with Crippen molar-refractivity contribution in [2.75, 3.05) is 0 Å². The molecule has 0 spiro atoms. The smallest absolute Gasteiger partial charge is 0.0969 e. The molecule has 0 saturated heterocycles. The Balaban J connectivity index is 0. The Morgan fingerprint density at radius 3 is 2.40 bits per heavy atom. The summed E-state index contributed by atoms with van der Waals surface area (Å²) in [4.78, 5) is 4.12. The first-order valence-corrected chi connectivity index (χ1v) is 7.51. The fourth-order valence-electron chi connectivity index (χ4n) is 1.32. The maximum atomic E-state index is 12.4. The first kappa shape index (κ1) is 20.9. The lowest BCUT2D eigenvalue weighted by molar-refractivity contribution is 0.640. The summed E-state index contributed by atoms with van der Waals surface area (Å²) in [6.07, 6.45) is 13.2. The number of nitrogens with zero attached hydrogens (tertiary/aromatic N) is 1. The summed E-state index contributed by atoms with van der Waals surface area (Å²) in [6.45, 7) is 13.7. The second kappa shape index (κ2) is 15.6. The first-order chi connectivity index (χ1) is 9.60. The summed E-state index contributed by atoms with van der Waals surface area (Å²) in [5.74, 6) is -0.217. The van der Waals surface area contributed by atoms with Crippen molar-refractivity contribution < 1.29 is 4.39 Å². The molecule has 0 aromatic carbocycles. The molecular formula is C18H30FN. The zero-order valence-electron chi connectivity index (χ0n) is 13.7. The summed E-state index contributed by atoms with van der Waals surface area (Å²) in [6, 6.07) is 0. The maximum absolute atomic E-state index is 12.4. The number of halogens is 1. The van der Waals surface area contributed by atoms with Gasteiger partial charge in [0.25, 0.3) is 0 Å². The maximum Gasteiger partial charge on any atom is 0.0969 e. The Kier molecular flexibility index (Phi) is 16.3. The molecule has 0 aliphatic carbocycles. The number of rotatable bonds is 3. The highest BCUT2D eigenvalue weighted by molar-refractivity contribution is 5.74. The third kappa shape index (κ3) is 14.6. The summed E-state index contributed by atoms with van der Waals surface area (Å²) in [5.41, 5.74) is 1.81. The van der Waals surface area contributed by atoms with Gasteiger partial charge in [-0.1, -0.05) is 59.6 Å². The van der Waals surface area contributed by atoms with Crippen LogP contribution in [0.5, 0.6) is 0 Å². The second-order valence-corrected chi connectivity index (χ2v) is 4.24. The molecule has 0 unspecified atom stereocenters. The Morgan fingerprint density at radius 1 is 1.35 bits per heavy atom. The van der Waals surface area contributed by atoms with E-state index in [4.69, 9.17) is 0 Å². The van der Waals surface area contributed by atoms with E-state index in [9.17, 15) is 4.39 Å². The minimum absolute atomic E-state index is 0.217. The van der Waals surface area contributed by atoms with Gasteiger partial charge in [0, 0.05) is 18.3 Å². The van der Waals surface area contributed by atoms with Crippen molar-refractivity contribution in [1.82, 2.24) is 0 Å². The van der Waals surface area contributed by atoms with Crippen LogP contribution in [0.25, 0.3) is 0 Å². The van der Waals surface area contributed by atoms with Crippen molar-refractivity contribution >= 4 is 6.21 Å². The lowest BCUT2D eigenvalue weighted by Crippen LogP contribution is -1.79. The summed E-state index contributed by atoms with van der Waals surface area (Å²) < 4.78 is 12.4. The fraction of sp³-hybridized carbons (Fsp3) is 0.500. The number of hydrogen-bond acceptors (Lipinski definition) is 1. The number of allylic oxidation sites excluding steroid dienone is 6. The molecule has 1 nitrogen and oxygen atoms in total. The molecule has 0 atom stereocenters. The van der Waals surface area contributed by atoms with Gasteiger partial charge in [0.2, 0.25) is 0 Å². The third-order valence-corrected chi connectivity index (χ3v) is 2.28. The quantitative estimate of drug-likeness (QED) is 0.555. The van der Waals surface area contributed by atoms with Crippen molar-refractivity contribution in [2.45, 2.75) is 60.3 Å². The lowest BCUT2D eigenvalue weighted by atomic mass is 10.1. The van der Waals surface area contributed by atoms with Crippen LogP contribution in [0, 0.1) is 0 Å². The van der Waals surface area contributed by atoms with Crippen molar-refractivity contribution in [3.05, 3.63) is 48.0 Å². The summed E-state index contributed by atoms with van der Waals surface area (Å²) >= 11 is 0. The molecule has 0 fully saturated rings. The van der Waals surface area contributed by atoms with Crippen LogP contribution in [-0.4, -0.2) is 6.21 Å². The predicted octanol–water partition coefficient (Wildman–Crippen LogP) is 6.55. The van der Waals surface area contributed by atoms with Crippen LogP contribution in [0.2, 0.25) is 0 Å². The lowest BCUT2D eigenvalue weighted by Gasteiger charge is -1.97. The van der Waals surface area contributed by atoms with Crippen LogP contribution < -0.4 is 0 Å². The molecule has 2 heteroatoms. The van der Waals surface area contributed by atoms with Crippen LogP contribution in [0.3, 0.4) is 0 Å². The van der Waals surface area contributed by atoms with Crippen molar-refractivity contribution in [3.63, 3.8) is 0 Å². The normalized spacial score (nSPS) is 16.0. The highest BCUT2D eigenvalue weighted by Gasteiger charge is 1.97. The van der Waals surface area contributed by atoms with E-state index in [1.807, 2.05) is 26.0 Å². The Labute approximate surface area is 124 Å². The number of unbranched alkanes of at least 4 members (excludes halogenated alkanes) is 2. The number of hydrogen-bond donors (Lipinski definition) is 0. The molecule has 1 rings (SSSR count). The van der Waals surface area contributed by atoms with Crippen LogP contribution in [0.15, 0.2) is 53.0 Å². The van der Waals surface area contributed by atoms with Crippen molar-refractivity contribution in [2.24, 2.45) is 4.99 Å². The zero-order chi connectivity index (χ0) is 15.8. The van der Waals surface area contributed by atoms with E-state index in [2.05, 4.69) is 25.4 Å². The molecule has 0 aromatic rings. The Morgan fingerprint density at radius 2 is 1.95 bits per heavy atom. The zero-order valence-corrected chi connectivity index (χ0v) is 13.7. The Hall–Kier alpha value is -1.44. The average Bonchev–Trinajstić information content (AvgIpc) is 2.65. The van der Waals surface area contributed by atoms with Crippen molar-refractivity contribution in [1.29, 1.82) is 0 Å². The van der Waals surface area contributed by atoms with Crippen molar-refractivity contribution in [3.8, 4) is 0 Å². The standard InChI is InChI=1S/C11H12FN.C5H12.C2H6/c1-9-4-3-7-13-11(8-9)6-5-10(2)12;1-3-5-4-2;1-2/h3-7H,1,8H2,2H3;3-5H2,1-2H3;1-2H3/b10-5+,11-6+;;. The molecule has 0 N–H and O–H groups in total. The highest BCUT2D eigenvalue weighted by Crippen LogP contribution is 2.14. The predicted molar refractivity (Wildman–Crippen MR) is 90.9 cm³/mol. The minimum Gasteiger partial charge on any atom is -0.261 e. The van der Waals surface area contributed by atoms with Crippen LogP contribution in [0.4, 0.5) is 4.39 Å². The van der Waals surface area contributed by atoms with E-state index < -0.39 is 0 Å². The van der Waals surface area contributed by atoms with Gasteiger partial charge in [-0.2, -0.15) is 0 Å². The van der Waals surface area contributed by atoms with E-state index in [0.29, 0.717) is 6.42 Å². The third-order valence-electron chi connectivity index (χ3n) is 2.28. The van der Waals surface area contributed by atoms with Crippen LogP contribution >= 0.6 is 0 Å². The van der Waals surface area contributed by atoms with Gasteiger partial charge < -0.3 is 0 Å². The van der Waals surface area contributed by atoms with Gasteiger partial charge in [-0.3, -0.25) is 4.99 Å². The van der Waals surface area contributed by atoms with Crippen LogP contribution in [-0.2, 0) is 0 Å². The van der Waals surface area contributed by atoms with Crippen LogP contribution in [0.1, 0.15) is 60.3 Å². The molecule has 0 bridgehead atoms. The first-order valence-electron chi connectivity index (χ1n) is 7.51. The molecular weight excluding hydrogens is 249 g/mol. The SMILES string of the molecule is C=C1C=CC=N/C(=C/C=C(\C)F)C1.CC.CCCCC. The van der Waals surface area contributed by atoms with Gasteiger partial charge in [-0.25, -0.2) is 4.39 Å². The van der Waals surface area contributed by atoms with Gasteiger partial charge in [0.15, 0.2) is 0 Å².